The number of ether oxygens (including phenoxy) is 1. The fraction of sp³-hybridized carbons (Fsp3) is 0.364. The van der Waals surface area contributed by atoms with Gasteiger partial charge in [0.05, 0.1) is 0 Å². The fourth-order valence-electron chi connectivity index (χ4n) is 1.41. The maximum absolute atomic E-state index is 11.6. The van der Waals surface area contributed by atoms with E-state index in [4.69, 9.17) is 9.26 Å². The first kappa shape index (κ1) is 12.6. The Labute approximate surface area is 107 Å². The molecule has 0 aromatic carbocycles. The molecule has 2 aromatic heterocycles. The molecular weight excluding hydrogens is 256 g/mol. The minimum atomic E-state index is -0.473. The third-order valence-corrected chi connectivity index (χ3v) is 3.20. The zero-order chi connectivity index (χ0) is 13.1. The van der Waals surface area contributed by atoms with Crippen LogP contribution in [0.15, 0.2) is 20.8 Å². The second-order valence-electron chi connectivity index (χ2n) is 3.82. The van der Waals surface area contributed by atoms with Crippen LogP contribution in [-0.2, 0) is 22.7 Å². The summed E-state index contributed by atoms with van der Waals surface area (Å²) < 4.78 is 11.2. The Morgan fingerprint density at radius 2 is 2.33 bits per heavy atom. The van der Waals surface area contributed by atoms with Gasteiger partial charge in [-0.3, -0.25) is 14.2 Å². The number of esters is 1. The van der Waals surface area contributed by atoms with E-state index in [0.29, 0.717) is 11.5 Å². The Hall–Kier alpha value is -1.89. The first-order valence-corrected chi connectivity index (χ1v) is 6.17. The number of aryl methyl sites for hydroxylation is 2. The molecule has 0 N–H and O–H groups in total. The van der Waals surface area contributed by atoms with Crippen LogP contribution in [0.4, 0.5) is 0 Å². The van der Waals surface area contributed by atoms with E-state index in [2.05, 4.69) is 5.16 Å². The van der Waals surface area contributed by atoms with Crippen molar-refractivity contribution in [2.24, 2.45) is 0 Å². The molecule has 0 atom stereocenters. The van der Waals surface area contributed by atoms with Gasteiger partial charge in [-0.25, -0.2) is 0 Å². The van der Waals surface area contributed by atoms with Crippen LogP contribution < -0.4 is 4.87 Å². The zero-order valence-corrected chi connectivity index (χ0v) is 10.8. The third-order valence-electron chi connectivity index (χ3n) is 2.32. The summed E-state index contributed by atoms with van der Waals surface area (Å²) in [5.41, 5.74) is 1.30. The summed E-state index contributed by atoms with van der Waals surface area (Å²) in [4.78, 5) is 22.8. The lowest BCUT2D eigenvalue weighted by Gasteiger charge is -2.04. The molecule has 0 spiro atoms. The number of aromatic nitrogens is 2. The van der Waals surface area contributed by atoms with E-state index in [1.165, 1.54) is 4.57 Å². The second kappa shape index (κ2) is 5.18. The standard InChI is InChI=1S/C11H12N2O4S/c1-7-6-18-11(15)13(7)4-10(14)16-5-9-3-8(2)17-12-9/h3,6H,4-5H2,1-2H3. The van der Waals surface area contributed by atoms with Crippen LogP contribution in [0.1, 0.15) is 17.1 Å². The van der Waals surface area contributed by atoms with Gasteiger partial charge in [-0.15, -0.1) is 0 Å². The molecule has 0 amide bonds. The molecule has 2 aromatic rings. The number of hydrogen-bond acceptors (Lipinski definition) is 6. The largest absolute Gasteiger partial charge is 0.458 e. The average molecular weight is 268 g/mol. The molecule has 0 aliphatic heterocycles. The van der Waals surface area contributed by atoms with Crippen molar-refractivity contribution in [1.29, 1.82) is 0 Å². The lowest BCUT2D eigenvalue weighted by atomic mass is 10.4. The van der Waals surface area contributed by atoms with Crippen LogP contribution in [0, 0.1) is 13.8 Å². The maximum Gasteiger partial charge on any atom is 0.326 e. The first-order valence-electron chi connectivity index (χ1n) is 5.29. The Bertz CT molecular complexity index is 611. The summed E-state index contributed by atoms with van der Waals surface area (Å²) in [5.74, 6) is 0.185. The number of carbonyl (C=O) groups is 1. The minimum absolute atomic E-state index is 0.0497. The van der Waals surface area contributed by atoms with Gasteiger partial charge in [-0.05, 0) is 13.8 Å². The van der Waals surface area contributed by atoms with Gasteiger partial charge in [-0.2, -0.15) is 0 Å². The number of nitrogens with zero attached hydrogens (tertiary/aromatic N) is 2. The molecule has 0 radical (unpaired) electrons. The van der Waals surface area contributed by atoms with Gasteiger partial charge in [0.2, 0.25) is 0 Å². The van der Waals surface area contributed by atoms with E-state index < -0.39 is 5.97 Å². The highest BCUT2D eigenvalue weighted by atomic mass is 32.1. The summed E-state index contributed by atoms with van der Waals surface area (Å²) in [6.45, 7) is 3.50. The van der Waals surface area contributed by atoms with Gasteiger partial charge in [0.1, 0.15) is 24.6 Å². The molecule has 0 aliphatic carbocycles. The Morgan fingerprint density at radius 3 is 2.89 bits per heavy atom. The van der Waals surface area contributed by atoms with E-state index in [1.54, 1.807) is 25.3 Å². The molecule has 2 rings (SSSR count). The van der Waals surface area contributed by atoms with Crippen LogP contribution >= 0.6 is 11.3 Å². The van der Waals surface area contributed by atoms with Crippen molar-refractivity contribution in [2.45, 2.75) is 27.0 Å². The van der Waals surface area contributed by atoms with Crippen molar-refractivity contribution in [2.75, 3.05) is 0 Å². The molecule has 0 saturated heterocycles. The van der Waals surface area contributed by atoms with Crippen LogP contribution in [-0.4, -0.2) is 15.7 Å². The van der Waals surface area contributed by atoms with Crippen molar-refractivity contribution in [3.05, 3.63) is 38.3 Å². The predicted molar refractivity (Wildman–Crippen MR) is 64.4 cm³/mol. The van der Waals surface area contributed by atoms with Crippen LogP contribution in [0.2, 0.25) is 0 Å². The number of carbonyl (C=O) groups excluding carboxylic acids is 1. The number of hydrogen-bond donors (Lipinski definition) is 0. The molecular formula is C11H12N2O4S. The first-order chi connectivity index (χ1) is 8.56. The van der Waals surface area contributed by atoms with Crippen molar-refractivity contribution in [3.63, 3.8) is 0 Å². The van der Waals surface area contributed by atoms with Crippen molar-refractivity contribution in [3.8, 4) is 0 Å². The molecule has 0 aliphatic rings. The van der Waals surface area contributed by atoms with E-state index in [0.717, 1.165) is 17.0 Å². The van der Waals surface area contributed by atoms with Gasteiger partial charge in [0.25, 0.3) is 0 Å². The summed E-state index contributed by atoms with van der Waals surface area (Å²) in [5, 5.41) is 5.41. The summed E-state index contributed by atoms with van der Waals surface area (Å²) >= 11 is 1.06. The maximum atomic E-state index is 11.6. The van der Waals surface area contributed by atoms with E-state index in [-0.39, 0.29) is 18.0 Å². The zero-order valence-electron chi connectivity index (χ0n) is 10.0. The van der Waals surface area contributed by atoms with Gasteiger partial charge < -0.3 is 9.26 Å². The van der Waals surface area contributed by atoms with E-state index >= 15 is 0 Å². The Balaban J connectivity index is 1.92. The van der Waals surface area contributed by atoms with Crippen molar-refractivity contribution >= 4 is 17.3 Å². The molecule has 0 unspecified atom stereocenters. The Morgan fingerprint density at radius 1 is 1.56 bits per heavy atom. The van der Waals surface area contributed by atoms with Crippen LogP contribution in [0.3, 0.4) is 0 Å². The SMILES string of the molecule is Cc1cc(COC(=O)Cn2c(C)csc2=O)no1. The highest BCUT2D eigenvalue weighted by molar-refractivity contribution is 7.07. The van der Waals surface area contributed by atoms with Gasteiger partial charge in [-0.1, -0.05) is 16.5 Å². The predicted octanol–water partition coefficient (Wildman–Crippen LogP) is 1.26. The Kier molecular flexibility index (Phi) is 3.61. The smallest absolute Gasteiger partial charge is 0.326 e. The molecule has 0 saturated carbocycles. The topological polar surface area (TPSA) is 74.3 Å². The molecule has 7 heteroatoms. The third kappa shape index (κ3) is 2.86. The van der Waals surface area contributed by atoms with Crippen molar-refractivity contribution in [1.82, 2.24) is 9.72 Å². The van der Waals surface area contributed by atoms with Crippen molar-refractivity contribution < 1.29 is 14.1 Å². The van der Waals surface area contributed by atoms with Gasteiger partial charge >= 0.3 is 10.8 Å². The highest BCUT2D eigenvalue weighted by Crippen LogP contribution is 2.04. The monoisotopic (exact) mass is 268 g/mol. The number of thiazole rings is 1. The lowest BCUT2D eigenvalue weighted by molar-refractivity contribution is -0.145. The van der Waals surface area contributed by atoms with Crippen LogP contribution in [0.25, 0.3) is 0 Å². The number of rotatable bonds is 4. The molecule has 0 bridgehead atoms. The van der Waals surface area contributed by atoms with E-state index in [9.17, 15) is 9.59 Å². The van der Waals surface area contributed by atoms with Gasteiger partial charge in [0.15, 0.2) is 0 Å². The molecule has 0 fully saturated rings. The quantitative estimate of drug-likeness (QED) is 0.780. The van der Waals surface area contributed by atoms with Crippen LogP contribution in [0.5, 0.6) is 0 Å². The summed E-state index contributed by atoms with van der Waals surface area (Å²) in [7, 11) is 0. The summed E-state index contributed by atoms with van der Waals surface area (Å²) in [6.07, 6.45) is 0. The van der Waals surface area contributed by atoms with Gasteiger partial charge in [0, 0.05) is 17.1 Å². The second-order valence-corrected chi connectivity index (χ2v) is 4.64. The van der Waals surface area contributed by atoms with E-state index in [1.807, 2.05) is 0 Å². The fourth-order valence-corrected chi connectivity index (χ4v) is 2.15. The lowest BCUT2D eigenvalue weighted by Crippen LogP contribution is -2.22. The summed E-state index contributed by atoms with van der Waals surface area (Å²) in [6, 6.07) is 1.69. The molecule has 96 valence electrons. The molecule has 2 heterocycles. The average Bonchev–Trinajstić information content (AvgIpc) is 2.87. The molecule has 6 nitrogen and oxygen atoms in total. The minimum Gasteiger partial charge on any atom is -0.458 e. The normalized spacial score (nSPS) is 10.6. The highest BCUT2D eigenvalue weighted by Gasteiger charge is 2.10. The molecule has 18 heavy (non-hydrogen) atoms.